The van der Waals surface area contributed by atoms with Gasteiger partial charge in [-0.15, -0.1) is 13.2 Å². The summed E-state index contributed by atoms with van der Waals surface area (Å²) in [6, 6.07) is 0.497. The van der Waals surface area contributed by atoms with Gasteiger partial charge in [0.25, 0.3) is 0 Å². The third kappa shape index (κ3) is 3.08. The van der Waals surface area contributed by atoms with Gasteiger partial charge in [-0.05, 0) is 27.5 Å². The van der Waals surface area contributed by atoms with Crippen LogP contribution in [0.5, 0.6) is 5.75 Å². The Morgan fingerprint density at radius 3 is 2.50 bits per heavy atom. The van der Waals surface area contributed by atoms with Gasteiger partial charge in [-0.1, -0.05) is 0 Å². The fourth-order valence-electron chi connectivity index (χ4n) is 0.804. The summed E-state index contributed by atoms with van der Waals surface area (Å²) in [5.74, 6) is -1.77. The van der Waals surface area contributed by atoms with Crippen LogP contribution in [-0.2, 0) is 0 Å². The molecule has 0 saturated heterocycles. The standard InChI is InChI=1S/C6H2F3IN2O4/c7-6(8,9)16-2-1-3(12(14)15)11-5(13)4(2)10/h1H,(H,11,13). The van der Waals surface area contributed by atoms with Crippen molar-refractivity contribution in [3.8, 4) is 5.75 Å². The van der Waals surface area contributed by atoms with Gasteiger partial charge in [0.2, 0.25) is 0 Å². The highest BCUT2D eigenvalue weighted by Gasteiger charge is 2.33. The van der Waals surface area contributed by atoms with Gasteiger partial charge in [0.15, 0.2) is 5.75 Å². The van der Waals surface area contributed by atoms with Crippen molar-refractivity contribution >= 4 is 28.4 Å². The second-order valence-electron chi connectivity index (χ2n) is 2.47. The van der Waals surface area contributed by atoms with Crippen molar-refractivity contribution < 1.29 is 22.8 Å². The minimum Gasteiger partial charge on any atom is -0.404 e. The molecular weight excluding hydrogens is 348 g/mol. The molecule has 0 aliphatic carbocycles. The Morgan fingerprint density at radius 1 is 1.50 bits per heavy atom. The van der Waals surface area contributed by atoms with Gasteiger partial charge in [-0.25, -0.2) is 9.78 Å². The molecule has 16 heavy (non-hydrogen) atoms. The number of nitro groups is 1. The minimum absolute atomic E-state index is 0.416. The molecule has 0 saturated carbocycles. The number of rotatable bonds is 2. The first-order valence-electron chi connectivity index (χ1n) is 3.53. The molecule has 0 fully saturated rings. The molecule has 10 heteroatoms. The van der Waals surface area contributed by atoms with Gasteiger partial charge >= 0.3 is 17.7 Å². The van der Waals surface area contributed by atoms with E-state index in [1.807, 2.05) is 0 Å². The third-order valence-corrected chi connectivity index (χ3v) is 2.37. The number of aromatic amines is 1. The average Bonchev–Trinajstić information content (AvgIpc) is 2.10. The first kappa shape index (κ1) is 12.7. The van der Waals surface area contributed by atoms with Gasteiger partial charge in [0.05, 0.1) is 6.07 Å². The highest BCUT2D eigenvalue weighted by molar-refractivity contribution is 14.1. The third-order valence-electron chi connectivity index (χ3n) is 1.35. The normalized spacial score (nSPS) is 11.2. The number of pyridine rings is 1. The summed E-state index contributed by atoms with van der Waals surface area (Å²) in [7, 11) is 0. The molecule has 0 atom stereocenters. The van der Waals surface area contributed by atoms with Crippen LogP contribution in [0.15, 0.2) is 10.9 Å². The summed E-state index contributed by atoms with van der Waals surface area (Å²) in [5, 5.41) is 10.3. The lowest BCUT2D eigenvalue weighted by molar-refractivity contribution is -0.389. The predicted molar refractivity (Wildman–Crippen MR) is 53.1 cm³/mol. The summed E-state index contributed by atoms with van der Waals surface area (Å²) in [6.45, 7) is 0. The van der Waals surface area contributed by atoms with Crippen LogP contribution < -0.4 is 10.3 Å². The SMILES string of the molecule is O=c1[nH]c([N+](=O)[O-])cc(OC(F)(F)F)c1I. The van der Waals surface area contributed by atoms with E-state index in [0.717, 1.165) is 0 Å². The van der Waals surface area contributed by atoms with E-state index in [4.69, 9.17) is 0 Å². The van der Waals surface area contributed by atoms with Crippen LogP contribution in [0.4, 0.5) is 19.0 Å². The monoisotopic (exact) mass is 350 g/mol. The van der Waals surface area contributed by atoms with Crippen LogP contribution in [0.2, 0.25) is 0 Å². The Labute approximate surface area is 98.7 Å². The van der Waals surface area contributed by atoms with Crippen molar-refractivity contribution in [3.05, 3.63) is 30.1 Å². The number of halogens is 4. The number of H-pyrrole nitrogens is 1. The van der Waals surface area contributed by atoms with E-state index in [1.165, 1.54) is 22.6 Å². The Hall–Kier alpha value is -1.33. The highest BCUT2D eigenvalue weighted by Crippen LogP contribution is 2.27. The van der Waals surface area contributed by atoms with E-state index in [-0.39, 0.29) is 0 Å². The van der Waals surface area contributed by atoms with E-state index in [2.05, 4.69) is 4.74 Å². The van der Waals surface area contributed by atoms with E-state index in [9.17, 15) is 28.1 Å². The zero-order chi connectivity index (χ0) is 12.5. The molecule has 0 bridgehead atoms. The Bertz CT molecular complexity index is 484. The van der Waals surface area contributed by atoms with E-state index >= 15 is 0 Å². The molecule has 6 nitrogen and oxygen atoms in total. The zero-order valence-corrected chi connectivity index (χ0v) is 9.33. The summed E-state index contributed by atoms with van der Waals surface area (Å²) in [5.41, 5.74) is -1.02. The smallest absolute Gasteiger partial charge is 0.404 e. The maximum Gasteiger partial charge on any atom is 0.573 e. The van der Waals surface area contributed by atoms with Crippen LogP contribution in [0.3, 0.4) is 0 Å². The molecule has 0 amide bonds. The topological polar surface area (TPSA) is 85.2 Å². The number of alkyl halides is 3. The van der Waals surface area contributed by atoms with E-state index in [0.29, 0.717) is 6.07 Å². The van der Waals surface area contributed by atoms with Crippen LogP contribution in [-0.4, -0.2) is 16.3 Å². The molecule has 1 heterocycles. The zero-order valence-electron chi connectivity index (χ0n) is 7.17. The molecule has 0 aromatic carbocycles. The number of ether oxygens (including phenoxy) is 1. The predicted octanol–water partition coefficient (Wildman–Crippen LogP) is 1.79. The lowest BCUT2D eigenvalue weighted by Gasteiger charge is -2.09. The molecule has 1 aromatic heterocycles. The van der Waals surface area contributed by atoms with Crippen LogP contribution in [0.25, 0.3) is 0 Å². The second-order valence-corrected chi connectivity index (χ2v) is 3.55. The van der Waals surface area contributed by atoms with Gasteiger partial charge in [-0.3, -0.25) is 0 Å². The summed E-state index contributed by atoms with van der Waals surface area (Å²) in [6.07, 6.45) is -5.01. The van der Waals surface area contributed by atoms with Crippen molar-refractivity contribution in [2.24, 2.45) is 0 Å². The van der Waals surface area contributed by atoms with Crippen molar-refractivity contribution in [2.75, 3.05) is 0 Å². The molecule has 0 aliphatic rings. The highest BCUT2D eigenvalue weighted by atomic mass is 127. The number of nitrogens with one attached hydrogen (secondary N) is 1. The molecule has 88 valence electrons. The number of aromatic nitrogens is 1. The average molecular weight is 350 g/mol. The summed E-state index contributed by atoms with van der Waals surface area (Å²) >= 11 is 1.29. The van der Waals surface area contributed by atoms with Gasteiger partial charge in [0, 0.05) is 0 Å². The van der Waals surface area contributed by atoms with Crippen molar-refractivity contribution in [1.29, 1.82) is 0 Å². The van der Waals surface area contributed by atoms with Crippen molar-refractivity contribution in [3.63, 3.8) is 0 Å². The first-order chi connectivity index (χ1) is 7.20. The Balaban J connectivity index is 3.28. The van der Waals surface area contributed by atoms with E-state index in [1.54, 1.807) is 4.98 Å². The van der Waals surface area contributed by atoms with Gasteiger partial charge < -0.3 is 14.9 Å². The van der Waals surface area contributed by atoms with Crippen LogP contribution in [0, 0.1) is 13.7 Å². The molecule has 1 rings (SSSR count). The van der Waals surface area contributed by atoms with Crippen LogP contribution >= 0.6 is 22.6 Å². The van der Waals surface area contributed by atoms with Gasteiger partial charge in [0.1, 0.15) is 3.57 Å². The molecule has 1 aromatic rings. The number of nitrogens with zero attached hydrogens (tertiary/aromatic N) is 1. The minimum atomic E-state index is -5.01. The Morgan fingerprint density at radius 2 is 2.06 bits per heavy atom. The fraction of sp³-hybridized carbons (Fsp3) is 0.167. The maximum atomic E-state index is 11.9. The Kier molecular flexibility index (Phi) is 3.40. The quantitative estimate of drug-likeness (QED) is 0.501. The fourth-order valence-corrected chi connectivity index (χ4v) is 1.20. The summed E-state index contributed by atoms with van der Waals surface area (Å²) in [4.78, 5) is 22.1. The molecule has 0 unspecified atom stereocenters. The van der Waals surface area contributed by atoms with Crippen molar-refractivity contribution in [1.82, 2.24) is 4.98 Å². The second kappa shape index (κ2) is 4.27. The molecular formula is C6H2F3IN2O4. The van der Waals surface area contributed by atoms with Gasteiger partial charge in [-0.2, -0.15) is 0 Å². The molecule has 0 aliphatic heterocycles. The summed E-state index contributed by atoms with van der Waals surface area (Å²) < 4.78 is 38.7. The van der Waals surface area contributed by atoms with Crippen molar-refractivity contribution in [2.45, 2.75) is 6.36 Å². The largest absolute Gasteiger partial charge is 0.573 e. The number of hydrogen-bond donors (Lipinski definition) is 1. The molecule has 0 radical (unpaired) electrons. The lowest BCUT2D eigenvalue weighted by atomic mass is 10.4. The molecule has 0 spiro atoms. The van der Waals surface area contributed by atoms with Crippen LogP contribution in [0.1, 0.15) is 0 Å². The van der Waals surface area contributed by atoms with E-state index < -0.39 is 32.0 Å². The number of hydrogen-bond acceptors (Lipinski definition) is 4. The molecule has 1 N–H and O–H groups in total. The maximum absolute atomic E-state index is 11.9. The lowest BCUT2D eigenvalue weighted by Crippen LogP contribution is -2.21. The first-order valence-corrected chi connectivity index (χ1v) is 4.61.